The standard InChI is InChI=1S/C11H15NO/c1-3-4-12-6-9-5-11(13)8(2)10(9)7-12/h3,9H,1,4-7H2,2H3. The van der Waals surface area contributed by atoms with E-state index in [0.29, 0.717) is 11.7 Å². The van der Waals surface area contributed by atoms with E-state index < -0.39 is 0 Å². The first-order valence-electron chi connectivity index (χ1n) is 4.78. The lowest BCUT2D eigenvalue weighted by atomic mass is 10.1. The number of carbonyl (C=O) groups is 1. The third-order valence-electron chi connectivity index (χ3n) is 3.08. The van der Waals surface area contributed by atoms with Crippen molar-refractivity contribution < 1.29 is 4.79 Å². The number of nitrogens with zero attached hydrogens (tertiary/aromatic N) is 1. The molecular formula is C11H15NO. The number of rotatable bonds is 2. The summed E-state index contributed by atoms with van der Waals surface area (Å²) in [5, 5.41) is 0. The maximum atomic E-state index is 11.4. The van der Waals surface area contributed by atoms with Crippen molar-refractivity contribution in [3.05, 3.63) is 23.8 Å². The highest BCUT2D eigenvalue weighted by Crippen LogP contribution is 2.35. The molecule has 1 saturated heterocycles. The molecule has 2 aliphatic rings. The van der Waals surface area contributed by atoms with Crippen LogP contribution in [0.5, 0.6) is 0 Å². The minimum atomic E-state index is 0.359. The molecule has 2 nitrogen and oxygen atoms in total. The summed E-state index contributed by atoms with van der Waals surface area (Å²) in [4.78, 5) is 13.7. The third kappa shape index (κ3) is 1.35. The Balaban J connectivity index is 2.14. The summed E-state index contributed by atoms with van der Waals surface area (Å²) in [6, 6.07) is 0. The van der Waals surface area contributed by atoms with Gasteiger partial charge >= 0.3 is 0 Å². The van der Waals surface area contributed by atoms with E-state index in [4.69, 9.17) is 0 Å². The van der Waals surface area contributed by atoms with Gasteiger partial charge in [-0.25, -0.2) is 0 Å². The predicted molar refractivity (Wildman–Crippen MR) is 52.5 cm³/mol. The average Bonchev–Trinajstić information content (AvgIpc) is 2.56. The Morgan fingerprint density at radius 3 is 3.08 bits per heavy atom. The molecule has 0 spiro atoms. The third-order valence-corrected chi connectivity index (χ3v) is 3.08. The van der Waals surface area contributed by atoms with E-state index in [9.17, 15) is 4.79 Å². The first-order chi connectivity index (χ1) is 6.22. The first kappa shape index (κ1) is 8.70. The molecule has 1 aliphatic carbocycles. The molecule has 1 unspecified atom stereocenters. The van der Waals surface area contributed by atoms with E-state index in [0.717, 1.165) is 31.6 Å². The second kappa shape index (κ2) is 3.11. The molecule has 2 heteroatoms. The van der Waals surface area contributed by atoms with Crippen LogP contribution in [0.15, 0.2) is 23.8 Å². The molecule has 1 atom stereocenters. The molecule has 0 amide bonds. The fourth-order valence-electron chi connectivity index (χ4n) is 2.35. The van der Waals surface area contributed by atoms with E-state index in [-0.39, 0.29) is 0 Å². The summed E-state index contributed by atoms with van der Waals surface area (Å²) >= 11 is 0. The number of ketones is 1. The van der Waals surface area contributed by atoms with Crippen molar-refractivity contribution in [3.8, 4) is 0 Å². The van der Waals surface area contributed by atoms with Crippen molar-refractivity contribution in [2.24, 2.45) is 5.92 Å². The summed E-state index contributed by atoms with van der Waals surface area (Å²) in [7, 11) is 0. The lowest BCUT2D eigenvalue weighted by molar-refractivity contribution is -0.115. The minimum Gasteiger partial charge on any atom is -0.295 e. The summed E-state index contributed by atoms with van der Waals surface area (Å²) in [6.07, 6.45) is 2.67. The van der Waals surface area contributed by atoms with Crippen molar-refractivity contribution in [3.63, 3.8) is 0 Å². The molecule has 13 heavy (non-hydrogen) atoms. The van der Waals surface area contributed by atoms with Crippen molar-refractivity contribution in [2.45, 2.75) is 13.3 Å². The minimum absolute atomic E-state index is 0.359. The smallest absolute Gasteiger partial charge is 0.159 e. The quantitative estimate of drug-likeness (QED) is 0.594. The van der Waals surface area contributed by atoms with Gasteiger partial charge in [0.1, 0.15) is 0 Å². The highest BCUT2D eigenvalue weighted by atomic mass is 16.1. The monoisotopic (exact) mass is 177 g/mol. The van der Waals surface area contributed by atoms with Gasteiger partial charge in [0.05, 0.1) is 0 Å². The first-order valence-corrected chi connectivity index (χ1v) is 4.78. The molecule has 70 valence electrons. The Morgan fingerprint density at radius 2 is 2.46 bits per heavy atom. The van der Waals surface area contributed by atoms with Gasteiger partial charge in [-0.15, -0.1) is 6.58 Å². The zero-order valence-electron chi connectivity index (χ0n) is 8.05. The van der Waals surface area contributed by atoms with Gasteiger partial charge in [-0.3, -0.25) is 9.69 Å². The number of fused-ring (bicyclic) bond motifs is 1. The van der Waals surface area contributed by atoms with Crippen LogP contribution in [0.4, 0.5) is 0 Å². The number of carbonyl (C=O) groups excluding carboxylic acids is 1. The SMILES string of the molecule is C=CCN1CC2=C(C)C(=O)CC2C1. The maximum Gasteiger partial charge on any atom is 0.159 e. The van der Waals surface area contributed by atoms with Crippen molar-refractivity contribution >= 4 is 5.78 Å². The number of allylic oxidation sites excluding steroid dienone is 1. The Hall–Kier alpha value is -0.890. The fraction of sp³-hybridized carbons (Fsp3) is 0.545. The molecule has 0 aromatic rings. The van der Waals surface area contributed by atoms with E-state index >= 15 is 0 Å². The van der Waals surface area contributed by atoms with Crippen molar-refractivity contribution in [1.29, 1.82) is 0 Å². The summed E-state index contributed by atoms with van der Waals surface area (Å²) < 4.78 is 0. The van der Waals surface area contributed by atoms with E-state index in [1.165, 1.54) is 5.57 Å². The molecule has 1 aliphatic heterocycles. The van der Waals surface area contributed by atoms with Crippen LogP contribution in [-0.4, -0.2) is 30.3 Å². The zero-order valence-corrected chi connectivity index (χ0v) is 8.05. The molecular weight excluding hydrogens is 162 g/mol. The number of Topliss-reactive ketones (excluding diaryl/α,β-unsaturated/α-hetero) is 1. The van der Waals surface area contributed by atoms with Crippen LogP contribution in [0.2, 0.25) is 0 Å². The van der Waals surface area contributed by atoms with Crippen LogP contribution in [0.25, 0.3) is 0 Å². The van der Waals surface area contributed by atoms with Gasteiger partial charge in [0.15, 0.2) is 5.78 Å². The number of hydrogen-bond acceptors (Lipinski definition) is 2. The predicted octanol–water partition coefficient (Wildman–Crippen LogP) is 1.39. The normalized spacial score (nSPS) is 28.4. The molecule has 0 aromatic carbocycles. The van der Waals surface area contributed by atoms with Crippen LogP contribution in [0, 0.1) is 5.92 Å². The van der Waals surface area contributed by atoms with Gasteiger partial charge in [0.2, 0.25) is 0 Å². The highest BCUT2D eigenvalue weighted by molar-refractivity contribution is 5.98. The Labute approximate surface area is 78.9 Å². The largest absolute Gasteiger partial charge is 0.295 e. The number of likely N-dealkylation sites (tertiary alicyclic amines) is 1. The lowest BCUT2D eigenvalue weighted by Crippen LogP contribution is -2.21. The second-order valence-electron chi connectivity index (χ2n) is 3.96. The van der Waals surface area contributed by atoms with Gasteiger partial charge in [0, 0.05) is 32.0 Å². The van der Waals surface area contributed by atoms with Gasteiger partial charge in [-0.2, -0.15) is 0 Å². The maximum absolute atomic E-state index is 11.4. The Kier molecular flexibility index (Phi) is 2.08. The molecule has 0 N–H and O–H groups in total. The Bertz CT molecular complexity index is 290. The van der Waals surface area contributed by atoms with Crippen LogP contribution in [0.3, 0.4) is 0 Å². The second-order valence-corrected chi connectivity index (χ2v) is 3.96. The number of hydrogen-bond donors (Lipinski definition) is 0. The summed E-state index contributed by atoms with van der Waals surface area (Å²) in [5.74, 6) is 0.880. The van der Waals surface area contributed by atoms with Crippen molar-refractivity contribution in [2.75, 3.05) is 19.6 Å². The molecule has 1 heterocycles. The van der Waals surface area contributed by atoms with Crippen LogP contribution in [0.1, 0.15) is 13.3 Å². The van der Waals surface area contributed by atoms with Gasteiger partial charge in [-0.05, 0) is 18.1 Å². The molecule has 0 bridgehead atoms. The van der Waals surface area contributed by atoms with Crippen LogP contribution >= 0.6 is 0 Å². The van der Waals surface area contributed by atoms with Gasteiger partial charge in [0.25, 0.3) is 0 Å². The molecule has 2 rings (SSSR count). The lowest BCUT2D eigenvalue weighted by Gasteiger charge is -2.12. The topological polar surface area (TPSA) is 20.3 Å². The van der Waals surface area contributed by atoms with Gasteiger partial charge in [-0.1, -0.05) is 6.08 Å². The van der Waals surface area contributed by atoms with E-state index in [1.807, 2.05) is 13.0 Å². The molecule has 0 aromatic heterocycles. The van der Waals surface area contributed by atoms with Crippen LogP contribution in [-0.2, 0) is 4.79 Å². The fourth-order valence-corrected chi connectivity index (χ4v) is 2.35. The van der Waals surface area contributed by atoms with Crippen molar-refractivity contribution in [1.82, 2.24) is 4.90 Å². The van der Waals surface area contributed by atoms with E-state index in [2.05, 4.69) is 11.5 Å². The Morgan fingerprint density at radius 1 is 1.69 bits per heavy atom. The molecule has 0 saturated carbocycles. The molecule has 1 fully saturated rings. The highest BCUT2D eigenvalue weighted by Gasteiger charge is 2.35. The van der Waals surface area contributed by atoms with E-state index in [1.54, 1.807) is 0 Å². The van der Waals surface area contributed by atoms with Gasteiger partial charge < -0.3 is 0 Å². The summed E-state index contributed by atoms with van der Waals surface area (Å²) in [5.41, 5.74) is 2.41. The summed E-state index contributed by atoms with van der Waals surface area (Å²) in [6.45, 7) is 8.67. The molecule has 0 radical (unpaired) electrons. The average molecular weight is 177 g/mol. The zero-order chi connectivity index (χ0) is 9.42. The van der Waals surface area contributed by atoms with Crippen LogP contribution < -0.4 is 0 Å².